The first-order valence-electron chi connectivity index (χ1n) is 5.95. The molecule has 0 bridgehead atoms. The lowest BCUT2D eigenvalue weighted by Crippen LogP contribution is -2.13. The number of halogens is 1. The Labute approximate surface area is 108 Å². The van der Waals surface area contributed by atoms with Crippen molar-refractivity contribution in [1.82, 2.24) is 9.97 Å². The fraction of sp³-hybridized carbons (Fsp3) is 0.692. The van der Waals surface area contributed by atoms with E-state index in [9.17, 15) is 0 Å². The average Bonchev–Trinajstić information content (AvgIpc) is 2.56. The molecule has 0 aliphatic heterocycles. The van der Waals surface area contributed by atoms with Crippen LogP contribution in [0.1, 0.15) is 39.1 Å². The molecule has 0 saturated heterocycles. The molecule has 0 amide bonds. The van der Waals surface area contributed by atoms with Crippen molar-refractivity contribution in [3.63, 3.8) is 0 Å². The van der Waals surface area contributed by atoms with Crippen molar-refractivity contribution in [2.75, 3.05) is 5.32 Å². The van der Waals surface area contributed by atoms with E-state index in [0.29, 0.717) is 17.0 Å². The predicted molar refractivity (Wildman–Crippen MR) is 71.5 cm³/mol. The Balaban J connectivity index is 2.27. The Kier molecular flexibility index (Phi) is 2.66. The van der Waals surface area contributed by atoms with Gasteiger partial charge in [0, 0.05) is 11.6 Å². The molecular formula is C13H20ClN3. The summed E-state index contributed by atoms with van der Waals surface area (Å²) < 4.78 is 0. The minimum atomic E-state index is 0.283. The third kappa shape index (κ3) is 1.81. The molecule has 1 fully saturated rings. The number of aromatic nitrogens is 2. The van der Waals surface area contributed by atoms with Gasteiger partial charge in [0.05, 0.1) is 0 Å². The maximum Gasteiger partial charge on any atom is 0.137 e. The van der Waals surface area contributed by atoms with Crippen LogP contribution in [-0.2, 0) is 0 Å². The van der Waals surface area contributed by atoms with Gasteiger partial charge in [0.15, 0.2) is 0 Å². The number of hydrogen-bond donors (Lipinski definition) is 1. The molecule has 2 rings (SSSR count). The van der Waals surface area contributed by atoms with Gasteiger partial charge in [-0.3, -0.25) is 0 Å². The van der Waals surface area contributed by atoms with Crippen molar-refractivity contribution in [1.29, 1.82) is 0 Å². The topological polar surface area (TPSA) is 37.8 Å². The molecule has 0 atom stereocenters. The number of nitrogens with zero attached hydrogens (tertiary/aromatic N) is 2. The summed E-state index contributed by atoms with van der Waals surface area (Å²) in [4.78, 5) is 8.59. The Morgan fingerprint density at radius 2 is 1.59 bits per heavy atom. The normalized spacial score (nSPS) is 21.4. The quantitative estimate of drug-likeness (QED) is 0.819. The SMILES string of the molecule is Cc1nc(Cl)c(C)c(NC2C(C)(C)C2(C)C)n1. The van der Waals surface area contributed by atoms with Gasteiger partial charge in [0.1, 0.15) is 16.8 Å². The molecule has 4 heteroatoms. The van der Waals surface area contributed by atoms with Crippen LogP contribution in [0.15, 0.2) is 0 Å². The molecule has 1 aliphatic rings. The number of rotatable bonds is 2. The van der Waals surface area contributed by atoms with E-state index in [4.69, 9.17) is 11.6 Å². The van der Waals surface area contributed by atoms with Gasteiger partial charge in [-0.05, 0) is 24.7 Å². The zero-order valence-electron chi connectivity index (χ0n) is 11.3. The highest BCUT2D eigenvalue weighted by atomic mass is 35.5. The van der Waals surface area contributed by atoms with E-state index in [1.807, 2.05) is 13.8 Å². The highest BCUT2D eigenvalue weighted by Gasteiger charge is 2.65. The summed E-state index contributed by atoms with van der Waals surface area (Å²) in [5, 5.41) is 4.05. The second-order valence-corrected chi connectivity index (χ2v) is 6.41. The predicted octanol–water partition coefficient (Wildman–Crippen LogP) is 3.59. The van der Waals surface area contributed by atoms with Crippen molar-refractivity contribution in [3.8, 4) is 0 Å². The summed E-state index contributed by atoms with van der Waals surface area (Å²) in [5.41, 5.74) is 1.49. The van der Waals surface area contributed by atoms with Gasteiger partial charge in [-0.15, -0.1) is 0 Å². The van der Waals surface area contributed by atoms with Crippen LogP contribution < -0.4 is 5.32 Å². The van der Waals surface area contributed by atoms with Crippen molar-refractivity contribution in [2.45, 2.75) is 47.6 Å². The fourth-order valence-electron chi connectivity index (χ4n) is 2.43. The minimum absolute atomic E-state index is 0.283. The van der Waals surface area contributed by atoms with E-state index in [0.717, 1.165) is 11.4 Å². The molecule has 1 N–H and O–H groups in total. The zero-order valence-corrected chi connectivity index (χ0v) is 12.1. The maximum absolute atomic E-state index is 6.07. The van der Waals surface area contributed by atoms with Crippen LogP contribution in [0.3, 0.4) is 0 Å². The van der Waals surface area contributed by atoms with Crippen molar-refractivity contribution in [2.24, 2.45) is 10.8 Å². The van der Waals surface area contributed by atoms with Crippen LogP contribution in [0, 0.1) is 24.7 Å². The van der Waals surface area contributed by atoms with Gasteiger partial charge >= 0.3 is 0 Å². The van der Waals surface area contributed by atoms with Crippen LogP contribution in [0.2, 0.25) is 5.15 Å². The molecule has 0 aromatic carbocycles. The van der Waals surface area contributed by atoms with Gasteiger partial charge in [0.25, 0.3) is 0 Å². The second kappa shape index (κ2) is 3.58. The van der Waals surface area contributed by atoms with E-state index in [2.05, 4.69) is 43.0 Å². The van der Waals surface area contributed by atoms with E-state index < -0.39 is 0 Å². The molecule has 94 valence electrons. The molecule has 0 unspecified atom stereocenters. The van der Waals surface area contributed by atoms with E-state index in [-0.39, 0.29) is 10.8 Å². The lowest BCUT2D eigenvalue weighted by Gasteiger charge is -2.11. The molecule has 17 heavy (non-hydrogen) atoms. The second-order valence-electron chi connectivity index (χ2n) is 6.06. The summed E-state index contributed by atoms with van der Waals surface area (Å²) in [7, 11) is 0. The Bertz CT molecular complexity index is 452. The molecular weight excluding hydrogens is 234 g/mol. The molecule has 1 aromatic rings. The number of anilines is 1. The molecule has 0 spiro atoms. The van der Waals surface area contributed by atoms with Crippen LogP contribution in [-0.4, -0.2) is 16.0 Å². The summed E-state index contributed by atoms with van der Waals surface area (Å²) in [6, 6.07) is 0.430. The third-order valence-corrected chi connectivity index (χ3v) is 4.87. The molecule has 0 radical (unpaired) electrons. The molecule has 1 aromatic heterocycles. The van der Waals surface area contributed by atoms with Gasteiger partial charge in [-0.2, -0.15) is 0 Å². The van der Waals surface area contributed by atoms with E-state index in [1.54, 1.807) is 0 Å². The smallest absolute Gasteiger partial charge is 0.137 e. The van der Waals surface area contributed by atoms with Crippen molar-refractivity contribution >= 4 is 17.4 Å². The zero-order chi connectivity index (χ0) is 13.0. The standard InChI is InChI=1S/C13H20ClN3/c1-7-9(14)15-8(2)16-10(7)17-11-12(3,4)13(11,5)6/h11H,1-6H3,(H,15,16,17). The van der Waals surface area contributed by atoms with E-state index in [1.165, 1.54) is 0 Å². The summed E-state index contributed by atoms with van der Waals surface area (Å²) in [5.74, 6) is 1.57. The highest BCUT2D eigenvalue weighted by molar-refractivity contribution is 6.30. The number of aryl methyl sites for hydroxylation is 1. The van der Waals surface area contributed by atoms with Crippen LogP contribution in [0.4, 0.5) is 5.82 Å². The van der Waals surface area contributed by atoms with Crippen LogP contribution in [0.5, 0.6) is 0 Å². The van der Waals surface area contributed by atoms with Gasteiger partial charge < -0.3 is 5.32 Å². The molecule has 1 aliphatic carbocycles. The lowest BCUT2D eigenvalue weighted by atomic mass is 10.0. The lowest BCUT2D eigenvalue weighted by molar-refractivity contribution is 0.457. The van der Waals surface area contributed by atoms with Crippen molar-refractivity contribution < 1.29 is 0 Å². The molecule has 3 nitrogen and oxygen atoms in total. The Morgan fingerprint density at radius 3 is 2.06 bits per heavy atom. The average molecular weight is 254 g/mol. The first kappa shape index (κ1) is 12.6. The van der Waals surface area contributed by atoms with Gasteiger partial charge in [-0.1, -0.05) is 39.3 Å². The minimum Gasteiger partial charge on any atom is -0.366 e. The summed E-state index contributed by atoms with van der Waals surface area (Å²) in [6.07, 6.45) is 0. The van der Waals surface area contributed by atoms with Crippen molar-refractivity contribution in [3.05, 3.63) is 16.5 Å². The first-order valence-corrected chi connectivity index (χ1v) is 6.33. The number of hydrogen-bond acceptors (Lipinski definition) is 3. The number of nitrogens with one attached hydrogen (secondary N) is 1. The van der Waals surface area contributed by atoms with Crippen LogP contribution in [0.25, 0.3) is 0 Å². The Hall–Kier alpha value is -0.830. The first-order chi connectivity index (χ1) is 7.68. The van der Waals surface area contributed by atoms with Crippen LogP contribution >= 0.6 is 11.6 Å². The monoisotopic (exact) mass is 253 g/mol. The maximum atomic E-state index is 6.07. The summed E-state index contributed by atoms with van der Waals surface area (Å²) >= 11 is 6.07. The summed E-state index contributed by atoms with van der Waals surface area (Å²) in [6.45, 7) is 12.9. The molecule has 1 heterocycles. The van der Waals surface area contributed by atoms with Gasteiger partial charge in [0.2, 0.25) is 0 Å². The van der Waals surface area contributed by atoms with E-state index >= 15 is 0 Å². The fourth-order valence-corrected chi connectivity index (χ4v) is 2.64. The highest BCUT2D eigenvalue weighted by Crippen LogP contribution is 2.63. The van der Waals surface area contributed by atoms with Gasteiger partial charge in [-0.25, -0.2) is 9.97 Å². The Morgan fingerprint density at radius 1 is 1.06 bits per heavy atom. The molecule has 1 saturated carbocycles. The largest absolute Gasteiger partial charge is 0.366 e. The third-order valence-electron chi connectivity index (χ3n) is 4.50.